The zero-order valence-electron chi connectivity index (χ0n) is 13.3. The van der Waals surface area contributed by atoms with Crippen LogP contribution in [0.5, 0.6) is 0 Å². The molecule has 0 amide bonds. The molecule has 0 aliphatic heterocycles. The van der Waals surface area contributed by atoms with Crippen molar-refractivity contribution in [2.75, 3.05) is 19.8 Å². The number of aliphatic hydroxyl groups is 1. The molecule has 0 aromatic carbocycles. The van der Waals surface area contributed by atoms with Gasteiger partial charge >= 0.3 is 17.2 Å². The van der Waals surface area contributed by atoms with Gasteiger partial charge in [0.15, 0.2) is 6.61 Å². The van der Waals surface area contributed by atoms with E-state index in [1.807, 2.05) is 0 Å². The molecule has 2 unspecified atom stereocenters. The van der Waals surface area contributed by atoms with Crippen LogP contribution in [-0.2, 0) is 19.1 Å². The molecular formula is C16H22F2O5S. The Balaban J connectivity index is 1.53. The Morgan fingerprint density at radius 2 is 1.71 bits per heavy atom. The van der Waals surface area contributed by atoms with E-state index in [9.17, 15) is 23.5 Å². The van der Waals surface area contributed by atoms with Crippen molar-refractivity contribution in [2.45, 2.75) is 43.8 Å². The minimum Gasteiger partial charge on any atom is -0.463 e. The molecule has 136 valence electrons. The second-order valence-corrected chi connectivity index (χ2v) is 8.46. The number of rotatable bonds is 6. The van der Waals surface area contributed by atoms with E-state index >= 15 is 0 Å². The van der Waals surface area contributed by atoms with E-state index in [0.29, 0.717) is 11.8 Å². The maximum Gasteiger partial charge on any atom is 0.388 e. The van der Waals surface area contributed by atoms with Crippen molar-refractivity contribution >= 4 is 24.6 Å². The monoisotopic (exact) mass is 364 g/mol. The lowest BCUT2D eigenvalue weighted by atomic mass is 9.44. The summed E-state index contributed by atoms with van der Waals surface area (Å²) in [4.78, 5) is 22.6. The van der Waals surface area contributed by atoms with Crippen molar-refractivity contribution < 1.29 is 33.0 Å². The van der Waals surface area contributed by atoms with Gasteiger partial charge < -0.3 is 14.6 Å². The molecule has 4 saturated carbocycles. The lowest BCUT2D eigenvalue weighted by molar-refractivity contribution is -0.178. The Kier molecular flexibility index (Phi) is 4.57. The van der Waals surface area contributed by atoms with Gasteiger partial charge in [0.25, 0.3) is 0 Å². The molecule has 0 aromatic heterocycles. The van der Waals surface area contributed by atoms with E-state index in [1.165, 1.54) is 6.42 Å². The first-order valence-corrected chi connectivity index (χ1v) is 8.64. The minimum absolute atomic E-state index is 0.0585. The standard InChI is InChI=1S/C16H22F2O5S/c17-16(18,24)13(21)22-6-12(20)23-9-15-4-10-1-11(5-15)3-14(2-10,7-15)8-19/h10-11,19,24H,1-9H2. The summed E-state index contributed by atoms with van der Waals surface area (Å²) in [6.07, 6.45) is 5.99. The second kappa shape index (κ2) is 6.12. The zero-order valence-corrected chi connectivity index (χ0v) is 14.2. The van der Waals surface area contributed by atoms with Crippen LogP contribution in [0.4, 0.5) is 8.78 Å². The van der Waals surface area contributed by atoms with E-state index in [4.69, 9.17) is 4.74 Å². The Morgan fingerprint density at radius 3 is 2.25 bits per heavy atom. The summed E-state index contributed by atoms with van der Waals surface area (Å²) in [6.45, 7) is -0.497. The van der Waals surface area contributed by atoms with Gasteiger partial charge in [0, 0.05) is 12.0 Å². The largest absolute Gasteiger partial charge is 0.463 e. The summed E-state index contributed by atoms with van der Waals surface area (Å²) < 4.78 is 34.5. The molecule has 4 fully saturated rings. The molecule has 0 heterocycles. The van der Waals surface area contributed by atoms with Gasteiger partial charge in [-0.25, -0.2) is 9.59 Å². The number of halogens is 2. The number of carbonyl (C=O) groups excluding carboxylic acids is 2. The van der Waals surface area contributed by atoms with Crippen molar-refractivity contribution in [1.82, 2.24) is 0 Å². The molecule has 0 saturated heterocycles. The third kappa shape index (κ3) is 3.54. The molecule has 0 aromatic rings. The molecule has 0 radical (unpaired) electrons. The first-order valence-electron chi connectivity index (χ1n) is 8.19. The van der Waals surface area contributed by atoms with Crippen LogP contribution in [0.3, 0.4) is 0 Å². The second-order valence-electron chi connectivity index (χ2n) is 7.90. The number of esters is 2. The molecule has 4 rings (SSSR count). The highest BCUT2D eigenvalue weighted by Gasteiger charge is 2.57. The van der Waals surface area contributed by atoms with Crippen LogP contribution in [-0.4, -0.2) is 42.1 Å². The van der Waals surface area contributed by atoms with E-state index < -0.39 is 23.8 Å². The molecule has 4 bridgehead atoms. The summed E-state index contributed by atoms with van der Waals surface area (Å²) in [7, 11) is 0. The fourth-order valence-corrected chi connectivity index (χ4v) is 5.55. The number of hydrogen-bond donors (Lipinski definition) is 2. The summed E-state index contributed by atoms with van der Waals surface area (Å²) in [5.41, 5.74) is -0.197. The van der Waals surface area contributed by atoms with Gasteiger partial charge in [0.2, 0.25) is 0 Å². The van der Waals surface area contributed by atoms with Crippen LogP contribution in [0.1, 0.15) is 38.5 Å². The van der Waals surface area contributed by atoms with E-state index in [-0.39, 0.29) is 24.0 Å². The van der Waals surface area contributed by atoms with Crippen LogP contribution >= 0.6 is 12.6 Å². The first kappa shape index (κ1) is 17.9. The maximum atomic E-state index is 12.6. The lowest BCUT2D eigenvalue weighted by Crippen LogP contribution is -2.55. The number of aliphatic hydroxyl groups excluding tert-OH is 1. The van der Waals surface area contributed by atoms with Gasteiger partial charge in [-0.15, -0.1) is 0 Å². The van der Waals surface area contributed by atoms with Gasteiger partial charge in [-0.3, -0.25) is 0 Å². The average Bonchev–Trinajstić information content (AvgIpc) is 2.48. The molecule has 5 nitrogen and oxygen atoms in total. The SMILES string of the molecule is O=C(COC(=O)C(F)(F)S)OCC12CC3CC(CC(CO)(C3)C1)C2. The minimum atomic E-state index is -3.92. The predicted molar refractivity (Wildman–Crippen MR) is 82.5 cm³/mol. The third-order valence-electron chi connectivity index (χ3n) is 5.74. The zero-order chi connectivity index (χ0) is 17.6. The van der Waals surface area contributed by atoms with Crippen LogP contribution in [0.15, 0.2) is 0 Å². The number of hydrogen-bond acceptors (Lipinski definition) is 6. The molecule has 8 heteroatoms. The normalized spacial score (nSPS) is 37.3. The first-order chi connectivity index (χ1) is 11.2. The molecular weight excluding hydrogens is 342 g/mol. The third-order valence-corrected chi connectivity index (χ3v) is 5.93. The topological polar surface area (TPSA) is 72.8 Å². The molecule has 2 atom stereocenters. The highest BCUT2D eigenvalue weighted by Crippen LogP contribution is 2.65. The number of thiol groups is 1. The molecule has 4 aliphatic carbocycles. The molecule has 0 spiro atoms. The highest BCUT2D eigenvalue weighted by atomic mass is 32.1. The molecule has 24 heavy (non-hydrogen) atoms. The van der Waals surface area contributed by atoms with Crippen molar-refractivity contribution in [3.8, 4) is 0 Å². The quantitative estimate of drug-likeness (QED) is 0.558. The number of carbonyl (C=O) groups is 2. The maximum absolute atomic E-state index is 12.6. The van der Waals surface area contributed by atoms with E-state index in [0.717, 1.165) is 32.1 Å². The van der Waals surface area contributed by atoms with E-state index in [1.54, 1.807) is 0 Å². The fourth-order valence-electron chi connectivity index (χ4n) is 5.49. The van der Waals surface area contributed by atoms with E-state index in [2.05, 4.69) is 17.4 Å². The Hall–Kier alpha value is -0.890. The lowest BCUT2D eigenvalue weighted by Gasteiger charge is -2.61. The van der Waals surface area contributed by atoms with Crippen LogP contribution < -0.4 is 0 Å². The van der Waals surface area contributed by atoms with Gasteiger partial charge in [0.1, 0.15) is 0 Å². The predicted octanol–water partition coefficient (Wildman–Crippen LogP) is 2.17. The molecule has 4 aliphatic rings. The summed E-state index contributed by atoms with van der Waals surface area (Å²) >= 11 is 2.78. The highest BCUT2D eigenvalue weighted by molar-refractivity contribution is 7.82. The van der Waals surface area contributed by atoms with Crippen LogP contribution in [0.25, 0.3) is 0 Å². The van der Waals surface area contributed by atoms with Crippen LogP contribution in [0, 0.1) is 22.7 Å². The summed E-state index contributed by atoms with van der Waals surface area (Å²) in [5, 5.41) is 5.88. The van der Waals surface area contributed by atoms with Gasteiger partial charge in [-0.05, 0) is 55.8 Å². The Bertz CT molecular complexity index is 519. The van der Waals surface area contributed by atoms with Gasteiger partial charge in [-0.1, -0.05) is 12.6 Å². The number of ether oxygens (including phenoxy) is 2. The van der Waals surface area contributed by atoms with Crippen molar-refractivity contribution in [3.63, 3.8) is 0 Å². The smallest absolute Gasteiger partial charge is 0.388 e. The Labute approximate surface area is 144 Å². The van der Waals surface area contributed by atoms with Crippen molar-refractivity contribution in [2.24, 2.45) is 22.7 Å². The average molecular weight is 364 g/mol. The Morgan fingerprint density at radius 1 is 1.12 bits per heavy atom. The van der Waals surface area contributed by atoms with Gasteiger partial charge in [-0.2, -0.15) is 8.78 Å². The summed E-state index contributed by atoms with van der Waals surface area (Å²) in [5.74, 6) is -1.60. The fraction of sp³-hybridized carbons (Fsp3) is 0.875. The van der Waals surface area contributed by atoms with Gasteiger partial charge in [0.05, 0.1) is 6.61 Å². The molecule has 1 N–H and O–H groups in total. The number of alkyl halides is 2. The van der Waals surface area contributed by atoms with Crippen molar-refractivity contribution in [3.05, 3.63) is 0 Å². The van der Waals surface area contributed by atoms with Crippen molar-refractivity contribution in [1.29, 1.82) is 0 Å². The summed E-state index contributed by atoms with van der Waals surface area (Å²) in [6, 6.07) is 0. The van der Waals surface area contributed by atoms with Crippen LogP contribution in [0.2, 0.25) is 0 Å².